The second-order valence-electron chi connectivity index (χ2n) is 3.62. The summed E-state index contributed by atoms with van der Waals surface area (Å²) in [6, 6.07) is 0.708. The van der Waals surface area contributed by atoms with Crippen molar-refractivity contribution in [2.75, 3.05) is 6.54 Å². The molecule has 0 aromatic heterocycles. The van der Waals surface area contributed by atoms with E-state index in [0.29, 0.717) is 6.04 Å². The van der Waals surface area contributed by atoms with E-state index in [1.165, 1.54) is 6.42 Å². The van der Waals surface area contributed by atoms with Crippen molar-refractivity contribution >= 4 is 0 Å². The van der Waals surface area contributed by atoms with E-state index in [2.05, 4.69) is 33.0 Å². The van der Waals surface area contributed by atoms with E-state index >= 15 is 0 Å². The lowest BCUT2D eigenvalue weighted by molar-refractivity contribution is 0.453. The monoisotopic (exact) mass is 153 g/mol. The molecule has 0 aromatic carbocycles. The molecule has 0 saturated carbocycles. The summed E-state index contributed by atoms with van der Waals surface area (Å²) < 4.78 is 0. The number of rotatable bonds is 2. The summed E-state index contributed by atoms with van der Waals surface area (Å²) in [6.45, 7) is 10.1. The highest BCUT2D eigenvalue weighted by molar-refractivity contribution is 5.22. The minimum absolute atomic E-state index is 0.708. The van der Waals surface area contributed by atoms with Crippen molar-refractivity contribution in [1.29, 1.82) is 0 Å². The van der Waals surface area contributed by atoms with Crippen molar-refractivity contribution in [3.05, 3.63) is 11.1 Å². The van der Waals surface area contributed by atoms with Gasteiger partial charge >= 0.3 is 0 Å². The van der Waals surface area contributed by atoms with Gasteiger partial charge in [-0.1, -0.05) is 25.0 Å². The van der Waals surface area contributed by atoms with Crippen molar-refractivity contribution in [1.82, 2.24) is 5.32 Å². The lowest BCUT2D eigenvalue weighted by atomic mass is 10.0. The molecule has 0 aromatic rings. The van der Waals surface area contributed by atoms with Crippen molar-refractivity contribution in [2.45, 2.75) is 40.2 Å². The fraction of sp³-hybridized carbons (Fsp3) is 0.800. The second-order valence-corrected chi connectivity index (χ2v) is 3.62. The molecule has 1 N–H and O–H groups in total. The summed E-state index contributed by atoms with van der Waals surface area (Å²) in [5.41, 5.74) is 3.18. The van der Waals surface area contributed by atoms with Gasteiger partial charge < -0.3 is 5.32 Å². The van der Waals surface area contributed by atoms with Gasteiger partial charge in [0.25, 0.3) is 0 Å². The van der Waals surface area contributed by atoms with Gasteiger partial charge in [-0.05, 0) is 32.7 Å². The van der Waals surface area contributed by atoms with Crippen molar-refractivity contribution in [3.63, 3.8) is 0 Å². The fourth-order valence-electron chi connectivity index (χ4n) is 1.87. The summed E-state index contributed by atoms with van der Waals surface area (Å²) >= 11 is 0. The third-order valence-electron chi connectivity index (χ3n) is 2.95. The van der Waals surface area contributed by atoms with E-state index < -0.39 is 0 Å². The maximum Gasteiger partial charge on any atom is 0.0167 e. The van der Waals surface area contributed by atoms with Crippen LogP contribution in [0.2, 0.25) is 0 Å². The van der Waals surface area contributed by atoms with Gasteiger partial charge in [0, 0.05) is 6.04 Å². The first-order chi connectivity index (χ1) is 5.16. The van der Waals surface area contributed by atoms with Crippen LogP contribution in [-0.2, 0) is 0 Å². The van der Waals surface area contributed by atoms with Gasteiger partial charge in [-0.25, -0.2) is 0 Å². The average molecular weight is 153 g/mol. The standard InChI is InChI=1S/C10H19N/c1-5-11-10-6-7(2)8(3)9(10)4/h9-11H,5-6H2,1-4H3. The third-order valence-corrected chi connectivity index (χ3v) is 2.95. The largest absolute Gasteiger partial charge is 0.313 e. The van der Waals surface area contributed by atoms with E-state index in [0.717, 1.165) is 12.5 Å². The lowest BCUT2D eigenvalue weighted by Gasteiger charge is -2.17. The highest BCUT2D eigenvalue weighted by Gasteiger charge is 2.25. The van der Waals surface area contributed by atoms with E-state index in [4.69, 9.17) is 0 Å². The summed E-state index contributed by atoms with van der Waals surface area (Å²) in [4.78, 5) is 0. The SMILES string of the molecule is CCNC1CC(C)=C(C)C1C. The van der Waals surface area contributed by atoms with Crippen LogP contribution >= 0.6 is 0 Å². The first-order valence-corrected chi connectivity index (χ1v) is 4.56. The van der Waals surface area contributed by atoms with Crippen molar-refractivity contribution in [3.8, 4) is 0 Å². The number of nitrogens with one attached hydrogen (secondary N) is 1. The predicted molar refractivity (Wildman–Crippen MR) is 49.6 cm³/mol. The van der Waals surface area contributed by atoms with Crippen LogP contribution in [-0.4, -0.2) is 12.6 Å². The zero-order valence-electron chi connectivity index (χ0n) is 8.07. The van der Waals surface area contributed by atoms with E-state index in [9.17, 15) is 0 Å². The Balaban J connectivity index is 2.55. The van der Waals surface area contributed by atoms with Gasteiger partial charge in [-0.3, -0.25) is 0 Å². The maximum atomic E-state index is 3.51. The Morgan fingerprint density at radius 2 is 2.09 bits per heavy atom. The summed E-state index contributed by atoms with van der Waals surface area (Å²) in [5, 5.41) is 3.51. The van der Waals surface area contributed by atoms with Crippen LogP contribution in [0.1, 0.15) is 34.1 Å². The Kier molecular flexibility index (Phi) is 2.72. The number of hydrogen-bond donors (Lipinski definition) is 1. The van der Waals surface area contributed by atoms with Gasteiger partial charge in [0.1, 0.15) is 0 Å². The molecule has 2 unspecified atom stereocenters. The first-order valence-electron chi connectivity index (χ1n) is 4.56. The molecule has 1 aliphatic carbocycles. The Bertz CT molecular complexity index is 170. The molecule has 1 heteroatoms. The highest BCUT2D eigenvalue weighted by atomic mass is 14.9. The van der Waals surface area contributed by atoms with E-state index in [1.54, 1.807) is 11.1 Å². The Labute approximate surface area is 69.9 Å². The van der Waals surface area contributed by atoms with Crippen LogP contribution in [0.15, 0.2) is 11.1 Å². The number of hydrogen-bond acceptors (Lipinski definition) is 1. The minimum atomic E-state index is 0.708. The Hall–Kier alpha value is -0.300. The minimum Gasteiger partial charge on any atom is -0.313 e. The van der Waals surface area contributed by atoms with Crippen LogP contribution in [0.4, 0.5) is 0 Å². The summed E-state index contributed by atoms with van der Waals surface area (Å²) in [6.07, 6.45) is 1.25. The van der Waals surface area contributed by atoms with Gasteiger partial charge in [0.15, 0.2) is 0 Å². The second kappa shape index (κ2) is 3.40. The molecule has 0 radical (unpaired) electrons. The summed E-state index contributed by atoms with van der Waals surface area (Å²) in [5.74, 6) is 0.745. The molecule has 0 aliphatic heterocycles. The van der Waals surface area contributed by atoms with E-state index in [-0.39, 0.29) is 0 Å². The molecule has 1 aliphatic rings. The van der Waals surface area contributed by atoms with Crippen LogP contribution < -0.4 is 5.32 Å². The van der Waals surface area contributed by atoms with Crippen LogP contribution in [0.25, 0.3) is 0 Å². The molecule has 64 valence electrons. The molecular formula is C10H19N. The van der Waals surface area contributed by atoms with Crippen LogP contribution in [0, 0.1) is 5.92 Å². The zero-order chi connectivity index (χ0) is 8.43. The lowest BCUT2D eigenvalue weighted by Crippen LogP contribution is -2.31. The fourth-order valence-corrected chi connectivity index (χ4v) is 1.87. The van der Waals surface area contributed by atoms with Crippen molar-refractivity contribution < 1.29 is 0 Å². The molecule has 2 atom stereocenters. The third kappa shape index (κ3) is 1.64. The molecule has 1 nitrogen and oxygen atoms in total. The van der Waals surface area contributed by atoms with Crippen LogP contribution in [0.3, 0.4) is 0 Å². The predicted octanol–water partition coefficient (Wildman–Crippen LogP) is 2.34. The summed E-state index contributed by atoms with van der Waals surface area (Å²) in [7, 11) is 0. The molecule has 11 heavy (non-hydrogen) atoms. The maximum absolute atomic E-state index is 3.51. The van der Waals surface area contributed by atoms with Crippen molar-refractivity contribution in [2.24, 2.45) is 5.92 Å². The first kappa shape index (κ1) is 8.79. The molecule has 1 rings (SSSR count). The van der Waals surface area contributed by atoms with Gasteiger partial charge in [0.2, 0.25) is 0 Å². The molecular weight excluding hydrogens is 134 g/mol. The van der Waals surface area contributed by atoms with Gasteiger partial charge in [0.05, 0.1) is 0 Å². The molecule has 0 amide bonds. The molecule has 0 spiro atoms. The van der Waals surface area contributed by atoms with Gasteiger partial charge in [-0.15, -0.1) is 0 Å². The van der Waals surface area contributed by atoms with E-state index in [1.807, 2.05) is 0 Å². The average Bonchev–Trinajstić information content (AvgIpc) is 2.19. The Morgan fingerprint density at radius 1 is 1.45 bits per heavy atom. The van der Waals surface area contributed by atoms with Gasteiger partial charge in [-0.2, -0.15) is 0 Å². The highest BCUT2D eigenvalue weighted by Crippen LogP contribution is 2.30. The van der Waals surface area contributed by atoms with Crippen LogP contribution in [0.5, 0.6) is 0 Å². The smallest absolute Gasteiger partial charge is 0.0167 e. The zero-order valence-corrected chi connectivity index (χ0v) is 8.07. The Morgan fingerprint density at radius 3 is 2.45 bits per heavy atom. The normalized spacial score (nSPS) is 31.6. The quantitative estimate of drug-likeness (QED) is 0.600. The molecule has 0 fully saturated rings. The molecule has 0 saturated heterocycles. The molecule has 0 heterocycles. The molecule has 0 bridgehead atoms. The topological polar surface area (TPSA) is 12.0 Å².